The zero-order chi connectivity index (χ0) is 16.2. The molecule has 0 unspecified atom stereocenters. The summed E-state index contributed by atoms with van der Waals surface area (Å²) in [7, 11) is 3.41. The summed E-state index contributed by atoms with van der Waals surface area (Å²) < 4.78 is 5.22. The summed E-state index contributed by atoms with van der Waals surface area (Å²) in [6, 6.07) is 9.53. The van der Waals surface area contributed by atoms with Gasteiger partial charge in [-0.15, -0.1) is 0 Å². The minimum absolute atomic E-state index is 0.0721. The van der Waals surface area contributed by atoms with Crippen LogP contribution in [-0.2, 0) is 6.54 Å². The van der Waals surface area contributed by atoms with E-state index in [1.807, 2.05) is 30.3 Å². The van der Waals surface area contributed by atoms with Gasteiger partial charge < -0.3 is 9.64 Å². The number of carbonyl (C=O) groups excluding carboxylic acids is 1. The van der Waals surface area contributed by atoms with Crippen molar-refractivity contribution in [1.29, 1.82) is 0 Å². The third kappa shape index (κ3) is 3.13. The molecule has 1 aromatic carbocycles. The van der Waals surface area contributed by atoms with E-state index in [1.165, 1.54) is 0 Å². The van der Waals surface area contributed by atoms with Gasteiger partial charge in [0.15, 0.2) is 0 Å². The molecule has 0 N–H and O–H groups in total. The molecule has 0 radical (unpaired) electrons. The van der Waals surface area contributed by atoms with Crippen LogP contribution in [0.5, 0.6) is 5.75 Å². The molecule has 5 heteroatoms. The van der Waals surface area contributed by atoms with Gasteiger partial charge in [-0.25, -0.2) is 0 Å². The lowest BCUT2D eigenvalue weighted by molar-refractivity contribution is 0.0786. The minimum Gasteiger partial charge on any atom is -0.497 e. The van der Waals surface area contributed by atoms with Crippen molar-refractivity contribution in [2.24, 2.45) is 0 Å². The summed E-state index contributed by atoms with van der Waals surface area (Å²) in [5.41, 5.74) is 1.59. The molecule has 2 aromatic heterocycles. The Hall–Kier alpha value is -2.95. The smallest absolute Gasteiger partial charge is 0.256 e. The molecular weight excluding hydrogens is 290 g/mol. The van der Waals surface area contributed by atoms with E-state index in [1.54, 1.807) is 43.8 Å². The van der Waals surface area contributed by atoms with E-state index in [0.29, 0.717) is 12.1 Å². The number of aromatic nitrogens is 2. The quantitative estimate of drug-likeness (QED) is 0.743. The highest BCUT2D eigenvalue weighted by molar-refractivity contribution is 6.06. The average molecular weight is 307 g/mol. The van der Waals surface area contributed by atoms with Gasteiger partial charge in [0.05, 0.1) is 12.7 Å². The molecule has 0 aliphatic carbocycles. The number of methoxy groups -OCH3 is 1. The molecule has 0 bridgehead atoms. The zero-order valence-corrected chi connectivity index (χ0v) is 13.1. The number of hydrogen-bond donors (Lipinski definition) is 0. The molecule has 2 heterocycles. The van der Waals surface area contributed by atoms with Gasteiger partial charge in [0.2, 0.25) is 0 Å². The molecule has 0 fully saturated rings. The van der Waals surface area contributed by atoms with Crippen LogP contribution in [0, 0.1) is 0 Å². The number of hydrogen-bond acceptors (Lipinski definition) is 4. The molecule has 3 rings (SSSR count). The standard InChI is InChI=1S/C18H17N3O2/c1-21(12-13-4-3-5-15(8-13)23-2)18(22)17-11-20-10-14-9-19-7-6-16(14)17/h3-11H,12H2,1-2H3. The Balaban J connectivity index is 1.86. The largest absolute Gasteiger partial charge is 0.497 e. The van der Waals surface area contributed by atoms with Crippen LogP contribution in [-0.4, -0.2) is 34.9 Å². The molecule has 0 aliphatic heterocycles. The fourth-order valence-corrected chi connectivity index (χ4v) is 2.51. The number of rotatable bonds is 4. The lowest BCUT2D eigenvalue weighted by Crippen LogP contribution is -2.26. The second kappa shape index (κ2) is 6.44. The fourth-order valence-electron chi connectivity index (χ4n) is 2.51. The first-order chi connectivity index (χ1) is 11.2. The normalized spacial score (nSPS) is 10.5. The van der Waals surface area contributed by atoms with Gasteiger partial charge in [-0.2, -0.15) is 0 Å². The third-order valence-corrected chi connectivity index (χ3v) is 3.69. The zero-order valence-electron chi connectivity index (χ0n) is 13.1. The van der Waals surface area contributed by atoms with Crippen LogP contribution in [0.3, 0.4) is 0 Å². The predicted octanol–water partition coefficient (Wildman–Crippen LogP) is 2.91. The summed E-state index contributed by atoms with van der Waals surface area (Å²) in [5.74, 6) is 0.707. The maximum atomic E-state index is 12.8. The Labute approximate surface area is 134 Å². The molecule has 5 nitrogen and oxygen atoms in total. The molecule has 116 valence electrons. The van der Waals surface area contributed by atoms with Crippen molar-refractivity contribution < 1.29 is 9.53 Å². The molecule has 0 spiro atoms. The van der Waals surface area contributed by atoms with E-state index in [0.717, 1.165) is 22.1 Å². The number of carbonyl (C=O) groups is 1. The number of fused-ring (bicyclic) bond motifs is 1. The summed E-state index contributed by atoms with van der Waals surface area (Å²) in [6.07, 6.45) is 6.70. The van der Waals surface area contributed by atoms with Crippen LogP contribution < -0.4 is 4.74 Å². The van der Waals surface area contributed by atoms with Crippen molar-refractivity contribution in [2.75, 3.05) is 14.2 Å². The third-order valence-electron chi connectivity index (χ3n) is 3.69. The molecular formula is C18H17N3O2. The van der Waals surface area contributed by atoms with Crippen molar-refractivity contribution in [1.82, 2.24) is 14.9 Å². The van der Waals surface area contributed by atoms with E-state index < -0.39 is 0 Å². The van der Waals surface area contributed by atoms with Crippen LogP contribution in [0.25, 0.3) is 10.8 Å². The Morgan fingerprint density at radius 2 is 2.00 bits per heavy atom. The number of benzene rings is 1. The van der Waals surface area contributed by atoms with Gasteiger partial charge in [0.25, 0.3) is 5.91 Å². The van der Waals surface area contributed by atoms with Crippen LogP contribution in [0.1, 0.15) is 15.9 Å². The highest BCUT2D eigenvalue weighted by Gasteiger charge is 2.15. The van der Waals surface area contributed by atoms with E-state index in [4.69, 9.17) is 4.74 Å². The van der Waals surface area contributed by atoms with E-state index in [-0.39, 0.29) is 5.91 Å². The first-order valence-corrected chi connectivity index (χ1v) is 7.25. The van der Waals surface area contributed by atoms with Crippen molar-refractivity contribution >= 4 is 16.7 Å². The van der Waals surface area contributed by atoms with Gasteiger partial charge in [-0.1, -0.05) is 12.1 Å². The van der Waals surface area contributed by atoms with Crippen molar-refractivity contribution in [3.05, 3.63) is 66.2 Å². The summed E-state index contributed by atoms with van der Waals surface area (Å²) >= 11 is 0. The molecule has 23 heavy (non-hydrogen) atoms. The number of pyridine rings is 2. The Morgan fingerprint density at radius 1 is 1.17 bits per heavy atom. The molecule has 0 aliphatic rings. The Morgan fingerprint density at radius 3 is 2.83 bits per heavy atom. The number of ether oxygens (including phenoxy) is 1. The lowest BCUT2D eigenvalue weighted by atomic mass is 10.1. The maximum Gasteiger partial charge on any atom is 0.256 e. The van der Waals surface area contributed by atoms with Gasteiger partial charge in [0, 0.05) is 49.2 Å². The Kier molecular flexibility index (Phi) is 4.19. The minimum atomic E-state index is -0.0721. The summed E-state index contributed by atoms with van der Waals surface area (Å²) in [4.78, 5) is 22.6. The van der Waals surface area contributed by atoms with E-state index in [9.17, 15) is 4.79 Å². The first kappa shape index (κ1) is 15.0. The molecule has 1 amide bonds. The van der Waals surface area contributed by atoms with Crippen molar-refractivity contribution in [3.8, 4) is 5.75 Å². The summed E-state index contributed by atoms with van der Waals surface area (Å²) in [5, 5.41) is 1.71. The monoisotopic (exact) mass is 307 g/mol. The van der Waals surface area contributed by atoms with Crippen LogP contribution in [0.15, 0.2) is 55.1 Å². The van der Waals surface area contributed by atoms with Crippen LogP contribution in [0.2, 0.25) is 0 Å². The van der Waals surface area contributed by atoms with E-state index >= 15 is 0 Å². The lowest BCUT2D eigenvalue weighted by Gasteiger charge is -2.18. The van der Waals surface area contributed by atoms with Gasteiger partial charge in [-0.3, -0.25) is 14.8 Å². The maximum absolute atomic E-state index is 12.8. The van der Waals surface area contributed by atoms with Gasteiger partial charge in [-0.05, 0) is 23.8 Å². The Bertz CT molecular complexity index is 843. The van der Waals surface area contributed by atoms with Crippen molar-refractivity contribution in [2.45, 2.75) is 6.54 Å². The fraction of sp³-hybridized carbons (Fsp3) is 0.167. The number of amides is 1. The highest BCUT2D eigenvalue weighted by Crippen LogP contribution is 2.19. The topological polar surface area (TPSA) is 55.3 Å². The molecule has 0 saturated heterocycles. The first-order valence-electron chi connectivity index (χ1n) is 7.25. The number of nitrogens with zero attached hydrogens (tertiary/aromatic N) is 3. The van der Waals surface area contributed by atoms with Crippen LogP contribution >= 0.6 is 0 Å². The average Bonchev–Trinajstić information content (AvgIpc) is 2.60. The van der Waals surface area contributed by atoms with Crippen LogP contribution in [0.4, 0.5) is 0 Å². The SMILES string of the molecule is COc1cccc(CN(C)C(=O)c2cncc3cnccc23)c1. The molecule has 0 atom stereocenters. The van der Waals surface area contributed by atoms with E-state index in [2.05, 4.69) is 9.97 Å². The van der Waals surface area contributed by atoms with Crippen molar-refractivity contribution in [3.63, 3.8) is 0 Å². The highest BCUT2D eigenvalue weighted by atomic mass is 16.5. The second-order valence-electron chi connectivity index (χ2n) is 5.30. The second-order valence-corrected chi connectivity index (χ2v) is 5.30. The molecule has 3 aromatic rings. The van der Waals surface area contributed by atoms with Gasteiger partial charge >= 0.3 is 0 Å². The van der Waals surface area contributed by atoms with Gasteiger partial charge in [0.1, 0.15) is 5.75 Å². The molecule has 0 saturated carbocycles. The predicted molar refractivity (Wildman–Crippen MR) is 88.3 cm³/mol. The summed E-state index contributed by atoms with van der Waals surface area (Å²) in [6.45, 7) is 0.498.